The molecule has 5 heteroatoms. The van der Waals surface area contributed by atoms with Gasteiger partial charge in [-0.05, 0) is 43.3 Å². The lowest BCUT2D eigenvalue weighted by molar-refractivity contribution is 0.138. The summed E-state index contributed by atoms with van der Waals surface area (Å²) in [4.78, 5) is 13.6. The quantitative estimate of drug-likeness (QED) is 0.677. The van der Waals surface area contributed by atoms with E-state index in [1.807, 2.05) is 35.3 Å². The average molecular weight is 271 g/mol. The van der Waals surface area contributed by atoms with Crippen LogP contribution in [0.25, 0.3) is 0 Å². The number of hydrogen-bond acceptors (Lipinski definition) is 4. The molecule has 0 aromatic carbocycles. The van der Waals surface area contributed by atoms with Gasteiger partial charge in [-0.3, -0.25) is 4.90 Å². The van der Waals surface area contributed by atoms with Gasteiger partial charge in [-0.1, -0.05) is 0 Å². The van der Waals surface area contributed by atoms with Crippen LogP contribution < -0.4 is 0 Å². The van der Waals surface area contributed by atoms with E-state index in [4.69, 9.17) is 4.74 Å². The van der Waals surface area contributed by atoms with Crippen molar-refractivity contribution < 1.29 is 9.53 Å². The first-order valence-electron chi connectivity index (χ1n) is 6.23. The van der Waals surface area contributed by atoms with Crippen LogP contribution in [0.1, 0.15) is 26.2 Å². The van der Waals surface area contributed by atoms with Gasteiger partial charge in [0.05, 0.1) is 6.04 Å². The first-order valence-corrected chi connectivity index (χ1v) is 8.20. The maximum absolute atomic E-state index is 11.7. The van der Waals surface area contributed by atoms with Crippen LogP contribution in [0, 0.1) is 0 Å². The van der Waals surface area contributed by atoms with E-state index in [0.717, 1.165) is 19.4 Å². The Morgan fingerprint density at radius 1 is 1.29 bits per heavy atom. The molecule has 0 bridgehead atoms. The van der Waals surface area contributed by atoms with Crippen LogP contribution in [0.2, 0.25) is 0 Å². The standard InChI is InChI=1S/C12H17NO2S2/c1-8-10-9(11-16-6-3-7-17-11)4-2-5-13(10)12(14)15-8/h8,10H,2-7H2,1H3/t8-,10-/m0/s1. The highest BCUT2D eigenvalue weighted by Crippen LogP contribution is 2.43. The molecular weight excluding hydrogens is 254 g/mol. The van der Waals surface area contributed by atoms with Gasteiger partial charge in [0, 0.05) is 10.8 Å². The SMILES string of the molecule is C[C@@H]1OC(=O)N2CCCC(=C3SCCCS3)[C@H]12. The summed E-state index contributed by atoms with van der Waals surface area (Å²) in [6, 6.07) is 0.212. The molecule has 0 aromatic rings. The Kier molecular flexibility index (Phi) is 3.30. The minimum Gasteiger partial charge on any atom is -0.444 e. The summed E-state index contributed by atoms with van der Waals surface area (Å²) in [5.74, 6) is 2.45. The zero-order chi connectivity index (χ0) is 11.8. The molecule has 3 rings (SSSR count). The summed E-state index contributed by atoms with van der Waals surface area (Å²) < 4.78 is 6.83. The van der Waals surface area contributed by atoms with Crippen molar-refractivity contribution in [1.82, 2.24) is 4.90 Å². The number of cyclic esters (lactones) is 1. The van der Waals surface area contributed by atoms with Crippen LogP contribution >= 0.6 is 23.5 Å². The molecule has 0 aliphatic carbocycles. The van der Waals surface area contributed by atoms with Gasteiger partial charge >= 0.3 is 6.09 Å². The molecule has 0 N–H and O–H groups in total. The second kappa shape index (κ2) is 4.76. The Labute approximate surface area is 110 Å². The molecule has 3 aliphatic heterocycles. The third-order valence-electron chi connectivity index (χ3n) is 3.52. The average Bonchev–Trinajstić information content (AvgIpc) is 2.66. The monoisotopic (exact) mass is 271 g/mol. The Bertz CT molecular complexity index is 362. The number of ether oxygens (including phenoxy) is 1. The predicted octanol–water partition coefficient (Wildman–Crippen LogP) is 3.07. The molecule has 3 heterocycles. The van der Waals surface area contributed by atoms with E-state index in [2.05, 4.69) is 0 Å². The fourth-order valence-corrected chi connectivity index (χ4v) is 5.57. The van der Waals surface area contributed by atoms with E-state index in [9.17, 15) is 4.79 Å². The molecule has 0 radical (unpaired) electrons. The molecule has 3 aliphatic rings. The van der Waals surface area contributed by atoms with Gasteiger partial charge in [0.15, 0.2) is 0 Å². The molecular formula is C12H17NO2S2. The van der Waals surface area contributed by atoms with Crippen LogP contribution in [0.3, 0.4) is 0 Å². The summed E-state index contributed by atoms with van der Waals surface area (Å²) in [7, 11) is 0. The number of piperidine rings is 1. The van der Waals surface area contributed by atoms with E-state index in [1.165, 1.54) is 27.7 Å². The van der Waals surface area contributed by atoms with Crippen molar-refractivity contribution in [2.45, 2.75) is 38.3 Å². The van der Waals surface area contributed by atoms with Crippen LogP contribution in [-0.2, 0) is 4.74 Å². The molecule has 2 atom stereocenters. The molecule has 3 fully saturated rings. The number of carbonyl (C=O) groups excluding carboxylic acids is 1. The number of hydrogen-bond donors (Lipinski definition) is 0. The van der Waals surface area contributed by atoms with Crippen LogP contribution in [0.5, 0.6) is 0 Å². The molecule has 0 unspecified atom stereocenters. The first-order chi connectivity index (χ1) is 8.27. The maximum atomic E-state index is 11.7. The van der Waals surface area contributed by atoms with Gasteiger partial charge < -0.3 is 4.74 Å². The molecule has 17 heavy (non-hydrogen) atoms. The van der Waals surface area contributed by atoms with E-state index in [-0.39, 0.29) is 18.2 Å². The van der Waals surface area contributed by atoms with Crippen LogP contribution in [-0.4, -0.2) is 41.2 Å². The fraction of sp³-hybridized carbons (Fsp3) is 0.750. The van der Waals surface area contributed by atoms with Crippen molar-refractivity contribution in [2.24, 2.45) is 0 Å². The predicted molar refractivity (Wildman–Crippen MR) is 72.2 cm³/mol. The molecule has 0 saturated carbocycles. The number of carbonyl (C=O) groups is 1. The number of amides is 1. The summed E-state index contributed by atoms with van der Waals surface area (Å²) in [6.07, 6.45) is 3.42. The lowest BCUT2D eigenvalue weighted by Gasteiger charge is -2.33. The molecule has 1 amide bonds. The minimum absolute atomic E-state index is 0.0217. The van der Waals surface area contributed by atoms with Crippen molar-refractivity contribution in [3.8, 4) is 0 Å². The number of rotatable bonds is 0. The second-order valence-electron chi connectivity index (χ2n) is 4.69. The van der Waals surface area contributed by atoms with Crippen molar-refractivity contribution in [1.29, 1.82) is 0 Å². The van der Waals surface area contributed by atoms with E-state index >= 15 is 0 Å². The van der Waals surface area contributed by atoms with Crippen LogP contribution in [0.4, 0.5) is 4.79 Å². The van der Waals surface area contributed by atoms with Gasteiger partial charge in [-0.25, -0.2) is 4.79 Å². The van der Waals surface area contributed by atoms with Gasteiger partial charge in [-0.15, -0.1) is 23.5 Å². The summed E-state index contributed by atoms with van der Waals surface area (Å²) >= 11 is 3.94. The fourth-order valence-electron chi connectivity index (χ4n) is 2.79. The molecule has 3 nitrogen and oxygen atoms in total. The van der Waals surface area contributed by atoms with Gasteiger partial charge in [0.1, 0.15) is 6.10 Å². The van der Waals surface area contributed by atoms with Gasteiger partial charge in [-0.2, -0.15) is 0 Å². The number of thioether (sulfide) groups is 2. The Morgan fingerprint density at radius 2 is 2.06 bits per heavy atom. The Balaban J connectivity index is 1.91. The molecule has 94 valence electrons. The topological polar surface area (TPSA) is 29.5 Å². The largest absolute Gasteiger partial charge is 0.444 e. The normalized spacial score (nSPS) is 33.7. The smallest absolute Gasteiger partial charge is 0.410 e. The van der Waals surface area contributed by atoms with Gasteiger partial charge in [0.2, 0.25) is 0 Å². The maximum Gasteiger partial charge on any atom is 0.410 e. The number of nitrogens with zero attached hydrogens (tertiary/aromatic N) is 1. The summed E-state index contributed by atoms with van der Waals surface area (Å²) in [6.45, 7) is 2.88. The first kappa shape index (κ1) is 11.8. The van der Waals surface area contributed by atoms with Crippen molar-refractivity contribution in [3.63, 3.8) is 0 Å². The third kappa shape index (κ3) is 2.08. The van der Waals surface area contributed by atoms with Crippen molar-refractivity contribution >= 4 is 29.6 Å². The highest BCUT2D eigenvalue weighted by molar-refractivity contribution is 8.22. The Morgan fingerprint density at radius 3 is 2.82 bits per heavy atom. The third-order valence-corrected chi connectivity index (χ3v) is 6.26. The lowest BCUT2D eigenvalue weighted by atomic mass is 9.95. The van der Waals surface area contributed by atoms with E-state index in [0.29, 0.717) is 0 Å². The zero-order valence-electron chi connectivity index (χ0n) is 9.98. The van der Waals surface area contributed by atoms with Crippen molar-refractivity contribution in [3.05, 3.63) is 9.81 Å². The Hall–Kier alpha value is -0.290. The molecule has 3 saturated heterocycles. The lowest BCUT2D eigenvalue weighted by Crippen LogP contribution is -2.41. The van der Waals surface area contributed by atoms with Gasteiger partial charge in [0.25, 0.3) is 0 Å². The minimum atomic E-state index is -0.119. The highest BCUT2D eigenvalue weighted by atomic mass is 32.2. The molecule has 0 spiro atoms. The van der Waals surface area contributed by atoms with Crippen LogP contribution in [0.15, 0.2) is 9.81 Å². The van der Waals surface area contributed by atoms with E-state index in [1.54, 1.807) is 0 Å². The summed E-state index contributed by atoms with van der Waals surface area (Å²) in [5, 5.41) is 0. The summed E-state index contributed by atoms with van der Waals surface area (Å²) in [5.41, 5.74) is 1.46. The zero-order valence-corrected chi connectivity index (χ0v) is 11.6. The second-order valence-corrected chi connectivity index (χ2v) is 7.16. The highest BCUT2D eigenvalue weighted by Gasteiger charge is 2.44. The number of fused-ring (bicyclic) bond motifs is 1. The van der Waals surface area contributed by atoms with E-state index < -0.39 is 0 Å². The van der Waals surface area contributed by atoms with Crippen molar-refractivity contribution in [2.75, 3.05) is 18.1 Å². The molecule has 0 aromatic heterocycles.